The van der Waals surface area contributed by atoms with Crippen LogP contribution < -0.4 is 10.5 Å². The fourth-order valence-electron chi connectivity index (χ4n) is 1.31. The van der Waals surface area contributed by atoms with Crippen LogP contribution >= 0.6 is 0 Å². The third-order valence-electron chi connectivity index (χ3n) is 2.22. The van der Waals surface area contributed by atoms with Crippen LogP contribution in [0, 0.1) is 0 Å². The predicted octanol–water partition coefficient (Wildman–Crippen LogP) is 1.17. The number of pyridine rings is 1. The Labute approximate surface area is 104 Å². The van der Waals surface area contributed by atoms with E-state index in [0.717, 1.165) is 6.07 Å². The highest BCUT2D eigenvalue weighted by Crippen LogP contribution is 2.24. The summed E-state index contributed by atoms with van der Waals surface area (Å²) in [5.41, 5.74) is 5.52. The Balaban J connectivity index is 2.34. The Morgan fingerprint density at radius 2 is 2.00 bits per heavy atom. The van der Waals surface area contributed by atoms with Crippen molar-refractivity contribution in [3.05, 3.63) is 42.6 Å². The van der Waals surface area contributed by atoms with E-state index in [1.165, 1.54) is 24.4 Å². The molecule has 0 amide bonds. The van der Waals surface area contributed by atoms with E-state index in [-0.39, 0.29) is 22.2 Å². The number of nitrogen functional groups attached to an aromatic ring is 1. The molecule has 6 nitrogen and oxygen atoms in total. The van der Waals surface area contributed by atoms with Crippen molar-refractivity contribution in [2.45, 2.75) is 4.90 Å². The predicted molar refractivity (Wildman–Crippen MR) is 67.6 cm³/mol. The molecule has 0 aliphatic heterocycles. The van der Waals surface area contributed by atoms with Gasteiger partial charge < -0.3 is 10.8 Å². The first-order chi connectivity index (χ1) is 8.49. The third-order valence-corrected chi connectivity index (χ3v) is 3.57. The Morgan fingerprint density at radius 1 is 1.22 bits per heavy atom. The molecule has 0 aliphatic rings. The van der Waals surface area contributed by atoms with Crippen LogP contribution in [-0.4, -0.2) is 18.5 Å². The first-order valence-electron chi connectivity index (χ1n) is 5.01. The Kier molecular flexibility index (Phi) is 3.07. The van der Waals surface area contributed by atoms with Crippen molar-refractivity contribution in [3.8, 4) is 5.75 Å². The van der Waals surface area contributed by atoms with Gasteiger partial charge in [-0.3, -0.25) is 4.72 Å². The van der Waals surface area contributed by atoms with Crippen molar-refractivity contribution in [2.24, 2.45) is 0 Å². The molecular formula is C11H11N3O3S. The van der Waals surface area contributed by atoms with Crippen LogP contribution in [0.15, 0.2) is 47.5 Å². The van der Waals surface area contributed by atoms with Crippen molar-refractivity contribution in [1.82, 2.24) is 4.98 Å². The zero-order valence-corrected chi connectivity index (χ0v) is 10.1. The Morgan fingerprint density at radius 3 is 2.61 bits per heavy atom. The van der Waals surface area contributed by atoms with Gasteiger partial charge in [-0.2, -0.15) is 0 Å². The SMILES string of the molecule is Nc1ccc(S(=O)(=O)Nc2ccccn2)cc1O. The van der Waals surface area contributed by atoms with E-state index in [2.05, 4.69) is 9.71 Å². The maximum absolute atomic E-state index is 12.0. The smallest absolute Gasteiger partial charge is 0.263 e. The number of sulfonamides is 1. The number of aromatic hydroxyl groups is 1. The molecule has 0 fully saturated rings. The monoisotopic (exact) mass is 265 g/mol. The first-order valence-corrected chi connectivity index (χ1v) is 6.50. The fraction of sp³-hybridized carbons (Fsp3) is 0. The summed E-state index contributed by atoms with van der Waals surface area (Å²) in [4.78, 5) is 3.77. The molecule has 18 heavy (non-hydrogen) atoms. The molecule has 7 heteroatoms. The minimum absolute atomic E-state index is 0.0835. The van der Waals surface area contributed by atoms with Gasteiger partial charge in [-0.15, -0.1) is 0 Å². The minimum Gasteiger partial charge on any atom is -0.506 e. The van der Waals surface area contributed by atoms with Crippen LogP contribution in [0.25, 0.3) is 0 Å². The van der Waals surface area contributed by atoms with Gasteiger partial charge in [0.2, 0.25) is 0 Å². The van der Waals surface area contributed by atoms with E-state index < -0.39 is 10.0 Å². The number of aromatic nitrogens is 1. The summed E-state index contributed by atoms with van der Waals surface area (Å²) in [5.74, 6) is -0.0762. The average Bonchev–Trinajstić information content (AvgIpc) is 2.33. The van der Waals surface area contributed by atoms with Crippen LogP contribution in [0.1, 0.15) is 0 Å². The molecule has 0 saturated heterocycles. The average molecular weight is 265 g/mol. The van der Waals surface area contributed by atoms with E-state index >= 15 is 0 Å². The van der Waals surface area contributed by atoms with Crippen molar-refractivity contribution >= 4 is 21.5 Å². The second-order valence-electron chi connectivity index (χ2n) is 3.54. The number of benzene rings is 1. The lowest BCUT2D eigenvalue weighted by Crippen LogP contribution is -2.13. The van der Waals surface area contributed by atoms with Gasteiger partial charge in [0.15, 0.2) is 0 Å². The van der Waals surface area contributed by atoms with Gasteiger partial charge in [0.05, 0.1) is 10.6 Å². The van der Waals surface area contributed by atoms with Crippen LogP contribution in [0.4, 0.5) is 11.5 Å². The topological polar surface area (TPSA) is 105 Å². The van der Waals surface area contributed by atoms with E-state index in [1.54, 1.807) is 12.1 Å². The molecule has 0 saturated carbocycles. The molecule has 94 valence electrons. The van der Waals surface area contributed by atoms with Gasteiger partial charge in [-0.1, -0.05) is 6.07 Å². The van der Waals surface area contributed by atoms with Gasteiger partial charge in [0, 0.05) is 12.3 Å². The molecule has 0 bridgehead atoms. The van der Waals surface area contributed by atoms with Gasteiger partial charge >= 0.3 is 0 Å². The van der Waals surface area contributed by atoms with Crippen molar-refractivity contribution in [2.75, 3.05) is 10.5 Å². The minimum atomic E-state index is -3.78. The summed E-state index contributed by atoms with van der Waals surface area (Å²) in [5, 5.41) is 9.40. The molecule has 4 N–H and O–H groups in total. The second kappa shape index (κ2) is 4.53. The van der Waals surface area contributed by atoms with Crippen molar-refractivity contribution in [1.29, 1.82) is 0 Å². The van der Waals surface area contributed by atoms with E-state index in [4.69, 9.17) is 5.73 Å². The van der Waals surface area contributed by atoms with Crippen LogP contribution in [0.2, 0.25) is 0 Å². The van der Waals surface area contributed by atoms with E-state index in [1.807, 2.05) is 0 Å². The van der Waals surface area contributed by atoms with E-state index in [9.17, 15) is 13.5 Å². The Hall–Kier alpha value is -2.28. The molecule has 1 aromatic heterocycles. The maximum atomic E-state index is 12.0. The summed E-state index contributed by atoms with van der Waals surface area (Å²) in [6, 6.07) is 8.57. The molecule has 1 aromatic carbocycles. The third kappa shape index (κ3) is 2.51. The van der Waals surface area contributed by atoms with Crippen molar-refractivity contribution in [3.63, 3.8) is 0 Å². The van der Waals surface area contributed by atoms with Gasteiger partial charge in [-0.25, -0.2) is 13.4 Å². The zero-order chi connectivity index (χ0) is 13.2. The highest BCUT2D eigenvalue weighted by molar-refractivity contribution is 7.92. The number of nitrogens with zero attached hydrogens (tertiary/aromatic N) is 1. The summed E-state index contributed by atoms with van der Waals surface area (Å²) in [6.45, 7) is 0. The van der Waals surface area contributed by atoms with Crippen LogP contribution in [-0.2, 0) is 10.0 Å². The summed E-state index contributed by atoms with van der Waals surface area (Å²) in [6.07, 6.45) is 1.47. The Bertz CT molecular complexity index is 656. The molecule has 0 spiro atoms. The van der Waals surface area contributed by atoms with Gasteiger partial charge in [-0.05, 0) is 24.3 Å². The zero-order valence-electron chi connectivity index (χ0n) is 9.24. The highest BCUT2D eigenvalue weighted by atomic mass is 32.2. The lowest BCUT2D eigenvalue weighted by molar-refractivity contribution is 0.476. The number of phenolic OH excluding ortho intramolecular Hbond substituents is 1. The first kappa shape index (κ1) is 12.2. The lowest BCUT2D eigenvalue weighted by Gasteiger charge is -2.08. The number of nitrogens with two attached hydrogens (primary N) is 1. The lowest BCUT2D eigenvalue weighted by atomic mass is 10.3. The largest absolute Gasteiger partial charge is 0.506 e. The molecule has 0 atom stereocenters. The van der Waals surface area contributed by atoms with E-state index in [0.29, 0.717) is 0 Å². The van der Waals surface area contributed by atoms with Gasteiger partial charge in [0.1, 0.15) is 11.6 Å². The quantitative estimate of drug-likeness (QED) is 0.570. The maximum Gasteiger partial charge on any atom is 0.263 e. The summed E-state index contributed by atoms with van der Waals surface area (Å²) < 4.78 is 26.2. The van der Waals surface area contributed by atoms with Gasteiger partial charge in [0.25, 0.3) is 10.0 Å². The number of nitrogens with one attached hydrogen (secondary N) is 1. The molecule has 0 radical (unpaired) electrons. The molecular weight excluding hydrogens is 254 g/mol. The molecule has 1 heterocycles. The second-order valence-corrected chi connectivity index (χ2v) is 5.22. The number of hydrogen-bond acceptors (Lipinski definition) is 5. The van der Waals surface area contributed by atoms with Crippen LogP contribution in [0.5, 0.6) is 5.75 Å². The number of anilines is 2. The normalized spacial score (nSPS) is 11.1. The molecule has 2 rings (SSSR count). The highest BCUT2D eigenvalue weighted by Gasteiger charge is 2.15. The fourth-order valence-corrected chi connectivity index (χ4v) is 2.34. The molecule has 0 aliphatic carbocycles. The molecule has 2 aromatic rings. The summed E-state index contributed by atoms with van der Waals surface area (Å²) >= 11 is 0. The number of rotatable bonds is 3. The number of hydrogen-bond donors (Lipinski definition) is 3. The number of phenols is 1. The standard InChI is InChI=1S/C11H11N3O3S/c12-9-5-4-8(7-10(9)15)18(16,17)14-11-3-1-2-6-13-11/h1-7,15H,12H2,(H,13,14). The van der Waals surface area contributed by atoms with Crippen molar-refractivity contribution < 1.29 is 13.5 Å². The summed E-state index contributed by atoms with van der Waals surface area (Å²) in [7, 11) is -3.78. The van der Waals surface area contributed by atoms with Crippen LogP contribution in [0.3, 0.4) is 0 Å². The molecule has 0 unspecified atom stereocenters.